The van der Waals surface area contributed by atoms with Crippen LogP contribution < -0.4 is 10.6 Å². The van der Waals surface area contributed by atoms with Crippen LogP contribution >= 0.6 is 0 Å². The van der Waals surface area contributed by atoms with E-state index in [0.29, 0.717) is 31.1 Å². The second-order valence-corrected chi connectivity index (χ2v) is 10.4. The summed E-state index contributed by atoms with van der Waals surface area (Å²) in [5.74, 6) is -2.72. The number of fused-ring (bicyclic) bond motifs is 1. The van der Waals surface area contributed by atoms with Gasteiger partial charge in [-0.3, -0.25) is 9.79 Å². The van der Waals surface area contributed by atoms with Gasteiger partial charge in [0.05, 0.1) is 11.8 Å². The van der Waals surface area contributed by atoms with E-state index in [0.717, 1.165) is 24.3 Å². The van der Waals surface area contributed by atoms with Crippen LogP contribution in [0.1, 0.15) is 63.1 Å². The topological polar surface area (TPSA) is 53.5 Å². The van der Waals surface area contributed by atoms with Gasteiger partial charge in [-0.2, -0.15) is 0 Å². The summed E-state index contributed by atoms with van der Waals surface area (Å²) in [5, 5.41) is 6.63. The van der Waals surface area contributed by atoms with E-state index in [-0.39, 0.29) is 24.3 Å². The molecule has 5 atom stereocenters. The van der Waals surface area contributed by atoms with Crippen molar-refractivity contribution in [1.82, 2.24) is 10.6 Å². The monoisotopic (exact) mass is 491 g/mol. The number of nitrogens with zero attached hydrogens (tertiary/aromatic N) is 1. The van der Waals surface area contributed by atoms with Crippen molar-refractivity contribution in [2.75, 3.05) is 0 Å². The Bertz CT molecular complexity index is 1160. The van der Waals surface area contributed by atoms with E-state index in [9.17, 15) is 13.6 Å². The molecular weight excluding hydrogens is 456 g/mol. The smallest absolute Gasteiger partial charge is 0.254 e. The van der Waals surface area contributed by atoms with E-state index in [4.69, 9.17) is 4.99 Å². The predicted octanol–water partition coefficient (Wildman–Crippen LogP) is 6.40. The van der Waals surface area contributed by atoms with Crippen molar-refractivity contribution in [3.8, 4) is 0 Å². The van der Waals surface area contributed by atoms with Crippen LogP contribution in [-0.4, -0.2) is 17.5 Å². The fourth-order valence-corrected chi connectivity index (χ4v) is 5.86. The van der Waals surface area contributed by atoms with E-state index < -0.39 is 11.8 Å². The van der Waals surface area contributed by atoms with E-state index >= 15 is 0 Å². The Balaban J connectivity index is 1.25. The average molecular weight is 492 g/mol. The van der Waals surface area contributed by atoms with Gasteiger partial charge in [-0.25, -0.2) is 8.78 Å². The summed E-state index contributed by atoms with van der Waals surface area (Å²) in [4.78, 5) is 17.6. The molecule has 1 saturated carbocycles. The molecule has 4 aliphatic rings. The molecule has 1 fully saturated rings. The summed E-state index contributed by atoms with van der Waals surface area (Å²) in [6.45, 7) is 3.69. The number of hydrogen-bond donors (Lipinski definition) is 2. The lowest BCUT2D eigenvalue weighted by Crippen LogP contribution is -2.32. The van der Waals surface area contributed by atoms with Crippen LogP contribution in [0.3, 0.4) is 0 Å². The van der Waals surface area contributed by atoms with Crippen LogP contribution in [0.15, 0.2) is 77.2 Å². The van der Waals surface area contributed by atoms with E-state index in [1.54, 1.807) is 6.08 Å². The number of hydrogen-bond acceptors (Lipinski definition) is 3. The molecule has 1 aromatic rings. The molecule has 36 heavy (non-hydrogen) atoms. The molecule has 1 heterocycles. The van der Waals surface area contributed by atoms with Crippen LogP contribution in [0.5, 0.6) is 0 Å². The van der Waals surface area contributed by atoms with Crippen LogP contribution in [0.2, 0.25) is 0 Å². The molecule has 0 radical (unpaired) electrons. The van der Waals surface area contributed by atoms with Crippen LogP contribution in [0.25, 0.3) is 0 Å². The Labute approximate surface area is 212 Å². The Morgan fingerprint density at radius 2 is 1.97 bits per heavy atom. The zero-order chi connectivity index (χ0) is 25.3. The van der Waals surface area contributed by atoms with E-state index in [1.165, 1.54) is 23.6 Å². The van der Waals surface area contributed by atoms with Gasteiger partial charge in [0.2, 0.25) is 5.91 Å². The maximum atomic E-state index is 13.9. The van der Waals surface area contributed by atoms with Crippen molar-refractivity contribution in [3.05, 3.63) is 83.4 Å². The zero-order valence-electron chi connectivity index (χ0n) is 21.0. The largest absolute Gasteiger partial charge is 0.377 e. The maximum Gasteiger partial charge on any atom is 0.254 e. The third kappa shape index (κ3) is 4.95. The van der Waals surface area contributed by atoms with Gasteiger partial charge in [0.25, 0.3) is 5.92 Å². The fourth-order valence-electron chi connectivity index (χ4n) is 5.86. The Morgan fingerprint density at radius 3 is 2.72 bits per heavy atom. The van der Waals surface area contributed by atoms with Gasteiger partial charge in [0.15, 0.2) is 0 Å². The molecule has 3 aliphatic carbocycles. The zero-order valence-corrected chi connectivity index (χ0v) is 21.0. The van der Waals surface area contributed by atoms with Crippen molar-refractivity contribution in [1.29, 1.82) is 0 Å². The minimum Gasteiger partial charge on any atom is -0.377 e. The van der Waals surface area contributed by atoms with E-state index in [1.807, 2.05) is 24.6 Å². The van der Waals surface area contributed by atoms with Gasteiger partial charge in [-0.1, -0.05) is 56.3 Å². The lowest BCUT2D eigenvalue weighted by atomic mass is 9.82. The molecule has 1 aliphatic heterocycles. The molecule has 4 nitrogen and oxygen atoms in total. The number of carbonyl (C=O) groups excluding carboxylic acids is 1. The minimum absolute atomic E-state index is 0.0187. The van der Waals surface area contributed by atoms with Crippen molar-refractivity contribution in [2.45, 2.75) is 64.3 Å². The molecule has 5 rings (SSSR count). The van der Waals surface area contributed by atoms with Gasteiger partial charge in [0, 0.05) is 42.8 Å². The molecule has 1 amide bonds. The van der Waals surface area contributed by atoms with Crippen molar-refractivity contribution < 1.29 is 13.6 Å². The van der Waals surface area contributed by atoms with Crippen molar-refractivity contribution >= 4 is 11.6 Å². The molecule has 2 N–H and O–H groups in total. The van der Waals surface area contributed by atoms with Crippen molar-refractivity contribution in [2.24, 2.45) is 28.7 Å². The van der Waals surface area contributed by atoms with Gasteiger partial charge in [0.1, 0.15) is 0 Å². The number of alkyl halides is 2. The van der Waals surface area contributed by atoms with Gasteiger partial charge < -0.3 is 10.6 Å². The summed E-state index contributed by atoms with van der Waals surface area (Å²) >= 11 is 0. The normalized spacial score (nSPS) is 28.9. The first-order chi connectivity index (χ1) is 17.4. The maximum absolute atomic E-state index is 13.9. The fraction of sp³-hybridized carbons (Fsp3) is 0.467. The number of carbonyl (C=O) groups is 1. The molecular formula is C30H35F2N3O. The summed E-state index contributed by atoms with van der Waals surface area (Å²) in [7, 11) is 0. The molecule has 0 saturated heterocycles. The van der Waals surface area contributed by atoms with E-state index in [2.05, 4.69) is 47.9 Å². The number of nitrogens with one attached hydrogen (secondary N) is 2. The molecule has 0 spiro atoms. The first-order valence-electron chi connectivity index (χ1n) is 13.3. The second-order valence-electron chi connectivity index (χ2n) is 10.4. The molecule has 190 valence electrons. The number of halogens is 2. The summed E-state index contributed by atoms with van der Waals surface area (Å²) in [5.41, 5.74) is 5.83. The first-order valence-corrected chi connectivity index (χ1v) is 13.3. The highest BCUT2D eigenvalue weighted by Gasteiger charge is 2.47. The summed E-state index contributed by atoms with van der Waals surface area (Å²) in [6, 6.07) is 8.52. The Kier molecular flexibility index (Phi) is 6.96. The molecule has 0 bridgehead atoms. The van der Waals surface area contributed by atoms with Gasteiger partial charge in [-0.15, -0.1) is 0 Å². The second kappa shape index (κ2) is 10.2. The molecule has 6 heteroatoms. The number of aliphatic imine (C=N–C) groups is 1. The lowest BCUT2D eigenvalue weighted by molar-refractivity contribution is -0.121. The molecule has 0 aromatic heterocycles. The predicted molar refractivity (Wildman–Crippen MR) is 139 cm³/mol. The third-order valence-corrected chi connectivity index (χ3v) is 8.11. The summed E-state index contributed by atoms with van der Waals surface area (Å²) in [6.07, 6.45) is 14.5. The van der Waals surface area contributed by atoms with Gasteiger partial charge >= 0.3 is 0 Å². The molecule has 1 aromatic carbocycles. The van der Waals surface area contributed by atoms with Gasteiger partial charge in [-0.05, 0) is 60.3 Å². The van der Waals surface area contributed by atoms with Crippen LogP contribution in [-0.2, 0) is 11.2 Å². The highest BCUT2D eigenvalue weighted by molar-refractivity contribution is 6.07. The average Bonchev–Trinajstić information content (AvgIpc) is 3.71. The van der Waals surface area contributed by atoms with Crippen LogP contribution in [0, 0.1) is 23.7 Å². The minimum atomic E-state index is -2.66. The Morgan fingerprint density at radius 1 is 1.14 bits per heavy atom. The number of amides is 1. The first kappa shape index (κ1) is 24.7. The number of allylic oxidation sites excluding steroid dienone is 5. The number of benzene rings is 1. The highest BCUT2D eigenvalue weighted by Crippen LogP contribution is 2.52. The Hall–Kier alpha value is -3.02. The third-order valence-electron chi connectivity index (χ3n) is 8.11. The summed E-state index contributed by atoms with van der Waals surface area (Å²) < 4.78 is 27.9. The number of rotatable bonds is 8. The lowest BCUT2D eigenvalue weighted by Gasteiger charge is -2.28. The standard InChI is InChI=1S/C30H35F2N3O/c1-3-20-7-5-6-8-22(20)28-29(34-16-15-33-28)23-13-14-26(25-18-24(23)25)35-27(36)17-19-9-11-21(12-10-19)30(31,32)4-2/h5-9,11,13-16,19,21,24-25,28,33H,3-4,10,12,17-18H2,1-2H3,(H,35,36). The quantitative estimate of drug-likeness (QED) is 0.414. The molecule has 5 unspecified atom stereocenters. The highest BCUT2D eigenvalue weighted by atomic mass is 19.3. The SMILES string of the molecule is CCc1ccccc1C1NC=CN=C1C1=CC=C(NC(=O)CC2C=CC(C(F)(F)CC)CC2)C2CC12. The number of aryl methyl sites for hydroxylation is 1. The van der Waals surface area contributed by atoms with Crippen LogP contribution in [0.4, 0.5) is 8.78 Å². The van der Waals surface area contributed by atoms with Crippen molar-refractivity contribution in [3.63, 3.8) is 0 Å².